The topological polar surface area (TPSA) is 74.6 Å². The molecule has 0 aliphatic rings. The number of hydrogen-bond donors (Lipinski definition) is 2. The van der Waals surface area contributed by atoms with Gasteiger partial charge in [-0.15, -0.1) is 0 Å². The van der Waals surface area contributed by atoms with Gasteiger partial charge in [-0.25, -0.2) is 0 Å². The van der Waals surface area contributed by atoms with Gasteiger partial charge in [-0.3, -0.25) is 9.59 Å². The predicted molar refractivity (Wildman–Crippen MR) is 59.7 cm³/mol. The first kappa shape index (κ1) is 26.7. The molecule has 0 spiro atoms. The Balaban J connectivity index is -0.0000000540. The molecule has 0 aromatic heterocycles. The molecule has 0 heterocycles. The average molecular weight is 264 g/mol. The van der Waals surface area contributed by atoms with Crippen LogP contribution in [0.15, 0.2) is 0 Å². The molecule has 0 saturated heterocycles. The van der Waals surface area contributed by atoms with Crippen LogP contribution in [0.25, 0.3) is 0 Å². The molecule has 0 bridgehead atoms. The first-order chi connectivity index (χ1) is 6.97. The summed E-state index contributed by atoms with van der Waals surface area (Å²) in [6.07, 6.45) is 5.50. The van der Waals surface area contributed by atoms with Crippen molar-refractivity contribution in [3.8, 4) is 0 Å². The summed E-state index contributed by atoms with van der Waals surface area (Å²) in [5.74, 6) is -1.75. The molecule has 1 atom stereocenters. The minimum Gasteiger partial charge on any atom is -1.00 e. The predicted octanol–water partition coefficient (Wildman–Crippen LogP) is -3.30. The molecule has 4 nitrogen and oxygen atoms in total. The molecular weight excluding hydrogens is 242 g/mol. The molecule has 0 aromatic carbocycles. The van der Waals surface area contributed by atoms with E-state index in [1.54, 1.807) is 0 Å². The van der Waals surface area contributed by atoms with Gasteiger partial charge in [0.05, 0.1) is 0 Å². The zero-order valence-corrected chi connectivity index (χ0v) is 14.8. The van der Waals surface area contributed by atoms with Crippen molar-refractivity contribution in [1.29, 1.82) is 0 Å². The largest absolute Gasteiger partial charge is 1.00 e. The molecule has 0 radical (unpaired) electrons. The van der Waals surface area contributed by atoms with E-state index >= 15 is 0 Å². The molecule has 0 saturated carbocycles. The Morgan fingerprint density at radius 2 is 1.65 bits per heavy atom. The molecular formula is C11H22KLiO4. The summed E-state index contributed by atoms with van der Waals surface area (Å²) in [6, 6.07) is 0. The Kier molecular flexibility index (Phi) is 30.6. The van der Waals surface area contributed by atoms with Crippen LogP contribution >= 0.6 is 0 Å². The van der Waals surface area contributed by atoms with Crippen LogP contribution in [-0.4, -0.2) is 22.2 Å². The fourth-order valence-electron chi connectivity index (χ4n) is 1.11. The van der Waals surface area contributed by atoms with Crippen molar-refractivity contribution >= 4 is 11.9 Å². The quantitative estimate of drug-likeness (QED) is 0.299. The Bertz CT molecular complexity index is 178. The van der Waals surface area contributed by atoms with E-state index in [9.17, 15) is 9.59 Å². The molecule has 92 valence electrons. The zero-order chi connectivity index (χ0) is 12.3. The molecule has 2 N–H and O–H groups in total. The van der Waals surface area contributed by atoms with Crippen LogP contribution in [0.5, 0.6) is 0 Å². The van der Waals surface area contributed by atoms with E-state index in [4.69, 9.17) is 10.2 Å². The van der Waals surface area contributed by atoms with E-state index in [-0.39, 0.29) is 71.7 Å². The summed E-state index contributed by atoms with van der Waals surface area (Å²) >= 11 is 0. The summed E-state index contributed by atoms with van der Waals surface area (Å²) in [5, 5.41) is 15.4. The van der Waals surface area contributed by atoms with Gasteiger partial charge in [0.1, 0.15) is 6.42 Å². The van der Waals surface area contributed by atoms with E-state index in [1.807, 2.05) is 0 Å². The maximum atomic E-state index is 9.43. The number of carboxylic acids is 2. The fraction of sp³-hybridized carbons (Fsp3) is 0.727. The van der Waals surface area contributed by atoms with Crippen LogP contribution in [-0.2, 0) is 9.59 Å². The van der Waals surface area contributed by atoms with Gasteiger partial charge in [-0.1, -0.05) is 33.1 Å². The average Bonchev–Trinajstić information content (AvgIpc) is 2.13. The summed E-state index contributed by atoms with van der Waals surface area (Å²) < 4.78 is 0. The van der Waals surface area contributed by atoms with Crippen molar-refractivity contribution in [3.05, 3.63) is 6.42 Å². The smallest absolute Gasteiger partial charge is 1.00 e. The minimum atomic E-state index is -1.31. The van der Waals surface area contributed by atoms with E-state index in [0.29, 0.717) is 0 Å². The van der Waals surface area contributed by atoms with Gasteiger partial charge in [0.15, 0.2) is 0 Å². The molecule has 1 unspecified atom stereocenters. The number of rotatable bonds is 6. The Morgan fingerprint density at radius 3 is 1.71 bits per heavy atom. The number of aliphatic carboxylic acids is 2. The van der Waals surface area contributed by atoms with Crippen LogP contribution in [0.3, 0.4) is 0 Å². The first-order valence-corrected chi connectivity index (χ1v) is 5.20. The third kappa shape index (κ3) is 26.7. The third-order valence-corrected chi connectivity index (χ3v) is 1.96. The third-order valence-electron chi connectivity index (χ3n) is 1.96. The zero-order valence-electron chi connectivity index (χ0n) is 12.7. The standard InChI is InChI=1S/C8H17.C3H4O4.K.Li.H/c1-4-7-8(5-2)6-3;4-2(5)1-3(6)7;;;/h5,8H,4,6-7H2,1-3H3;1H2,(H,4,5)(H,6,7);;;/q-1;;2*+1;-1. The molecule has 6 heteroatoms. The molecule has 17 heavy (non-hydrogen) atoms. The number of hydrogen-bond acceptors (Lipinski definition) is 2. The molecule has 0 amide bonds. The van der Waals surface area contributed by atoms with E-state index in [0.717, 1.165) is 5.92 Å². The van der Waals surface area contributed by atoms with Gasteiger partial charge in [0, 0.05) is 0 Å². The number of carbonyl (C=O) groups is 2. The fourth-order valence-corrected chi connectivity index (χ4v) is 1.11. The van der Waals surface area contributed by atoms with Crippen molar-refractivity contribution in [2.24, 2.45) is 5.92 Å². The summed E-state index contributed by atoms with van der Waals surface area (Å²) in [5.41, 5.74) is 0. The second kappa shape index (κ2) is 19.5. The second-order valence-electron chi connectivity index (χ2n) is 3.25. The summed E-state index contributed by atoms with van der Waals surface area (Å²) in [7, 11) is 0. The Hall–Kier alpha value is 1.17. The summed E-state index contributed by atoms with van der Waals surface area (Å²) in [4.78, 5) is 18.9. The molecule has 0 fully saturated rings. The van der Waals surface area contributed by atoms with Crippen LogP contribution in [0.1, 0.15) is 47.9 Å². The van der Waals surface area contributed by atoms with Crippen molar-refractivity contribution in [2.45, 2.75) is 46.5 Å². The monoisotopic (exact) mass is 264 g/mol. The maximum Gasteiger partial charge on any atom is 1.00 e. The maximum absolute atomic E-state index is 9.43. The van der Waals surface area contributed by atoms with Gasteiger partial charge >= 0.3 is 82.2 Å². The Morgan fingerprint density at radius 1 is 1.24 bits per heavy atom. The van der Waals surface area contributed by atoms with Gasteiger partial charge < -0.3 is 18.1 Å². The van der Waals surface area contributed by atoms with Crippen LogP contribution in [0.2, 0.25) is 0 Å². The summed E-state index contributed by atoms with van der Waals surface area (Å²) in [6.45, 7) is 6.65. The number of carboxylic acid groups (broad SMARTS) is 2. The normalized spacial score (nSPS) is 9.82. The minimum absolute atomic E-state index is 0. The van der Waals surface area contributed by atoms with Crippen LogP contribution < -0.4 is 70.2 Å². The SMILES string of the molecule is C[CH-]C(CC)CCC.O=C(O)CC(=O)O.[H-].[K+].[Li+]. The molecule has 0 aliphatic carbocycles. The first-order valence-electron chi connectivity index (χ1n) is 5.20. The van der Waals surface area contributed by atoms with Crippen LogP contribution in [0.4, 0.5) is 0 Å². The van der Waals surface area contributed by atoms with Crippen molar-refractivity contribution < 1.29 is 91.5 Å². The van der Waals surface area contributed by atoms with E-state index in [1.165, 1.54) is 19.3 Å². The van der Waals surface area contributed by atoms with Crippen LogP contribution in [0, 0.1) is 12.3 Å². The van der Waals surface area contributed by atoms with Gasteiger partial charge in [0.2, 0.25) is 0 Å². The molecule has 0 aromatic rings. The molecule has 0 rings (SSSR count). The second-order valence-corrected chi connectivity index (χ2v) is 3.25. The molecule has 0 aliphatic heterocycles. The van der Waals surface area contributed by atoms with Crippen molar-refractivity contribution in [1.82, 2.24) is 0 Å². The van der Waals surface area contributed by atoms with Crippen molar-refractivity contribution in [2.75, 3.05) is 0 Å². The van der Waals surface area contributed by atoms with E-state index < -0.39 is 18.4 Å². The van der Waals surface area contributed by atoms with Gasteiger partial charge in [-0.05, 0) is 0 Å². The van der Waals surface area contributed by atoms with E-state index in [2.05, 4.69) is 27.2 Å². The van der Waals surface area contributed by atoms with Crippen molar-refractivity contribution in [3.63, 3.8) is 0 Å². The van der Waals surface area contributed by atoms with Gasteiger partial charge in [0.25, 0.3) is 0 Å². The van der Waals surface area contributed by atoms with Gasteiger partial charge in [-0.2, -0.15) is 12.8 Å². The Labute approximate surface area is 160 Å².